The number of halogens is 1. The maximum Gasteiger partial charge on any atom is 0.214 e. The van der Waals surface area contributed by atoms with Gasteiger partial charge in [-0.05, 0) is 25.3 Å². The van der Waals surface area contributed by atoms with Crippen molar-refractivity contribution in [2.45, 2.75) is 18.2 Å². The molecular formula is C10H15FN2OS. The Kier molecular flexibility index (Phi) is 4.84. The lowest BCUT2D eigenvalue weighted by atomic mass is 10.2. The highest BCUT2D eigenvalue weighted by Crippen LogP contribution is 2.14. The summed E-state index contributed by atoms with van der Waals surface area (Å²) in [7, 11) is 0. The van der Waals surface area contributed by atoms with Crippen LogP contribution in [-0.2, 0) is 0 Å². The summed E-state index contributed by atoms with van der Waals surface area (Å²) in [6.45, 7) is 2.02. The Labute approximate surface area is 93.1 Å². The fraction of sp³-hybridized carbons (Fsp3) is 0.500. The highest BCUT2D eigenvalue weighted by Gasteiger charge is 2.15. The van der Waals surface area contributed by atoms with Crippen molar-refractivity contribution in [3.8, 4) is 0 Å². The predicted molar refractivity (Wildman–Crippen MR) is 61.7 cm³/mol. The Balaban J connectivity index is 2.61. The Bertz CT molecular complexity index is 307. The third-order valence-electron chi connectivity index (χ3n) is 2.13. The van der Waals surface area contributed by atoms with Gasteiger partial charge in [-0.3, -0.25) is 0 Å². The summed E-state index contributed by atoms with van der Waals surface area (Å²) >= 11 is 1.57. The van der Waals surface area contributed by atoms with Crippen LogP contribution in [0.5, 0.6) is 0 Å². The van der Waals surface area contributed by atoms with E-state index in [4.69, 9.17) is 5.11 Å². The summed E-state index contributed by atoms with van der Waals surface area (Å²) in [4.78, 5) is 3.70. The van der Waals surface area contributed by atoms with E-state index in [0.717, 1.165) is 0 Å². The number of pyridine rings is 1. The van der Waals surface area contributed by atoms with Crippen LogP contribution in [0, 0.1) is 5.95 Å². The molecule has 0 aliphatic rings. The molecule has 0 fully saturated rings. The number of thioether (sulfide) groups is 1. The third kappa shape index (κ3) is 3.68. The van der Waals surface area contributed by atoms with Gasteiger partial charge in [0, 0.05) is 11.3 Å². The van der Waals surface area contributed by atoms with Gasteiger partial charge in [0.05, 0.1) is 6.61 Å². The van der Waals surface area contributed by atoms with Gasteiger partial charge in [-0.2, -0.15) is 16.2 Å². The normalized spacial score (nSPS) is 14.7. The molecule has 0 saturated carbocycles. The van der Waals surface area contributed by atoms with Crippen LogP contribution in [0.3, 0.4) is 0 Å². The standard InChI is InChI=1S/C10H15FN2OS/c1-7(8(6-14)15-2)12-10-5-3-4-9(11)13-10/h3-5,7-8,14H,6H2,1-2H3,(H,12,13). The molecule has 15 heavy (non-hydrogen) atoms. The number of aliphatic hydroxyl groups is 1. The lowest BCUT2D eigenvalue weighted by molar-refractivity contribution is 0.288. The smallest absolute Gasteiger partial charge is 0.214 e. The van der Waals surface area contributed by atoms with Crippen molar-refractivity contribution >= 4 is 17.6 Å². The zero-order valence-corrected chi connectivity index (χ0v) is 9.59. The summed E-state index contributed by atoms with van der Waals surface area (Å²) in [5.74, 6) is -0.00750. The van der Waals surface area contributed by atoms with E-state index < -0.39 is 5.95 Å². The van der Waals surface area contributed by atoms with Crippen LogP contribution in [0.15, 0.2) is 18.2 Å². The van der Waals surface area contributed by atoms with Crippen LogP contribution in [0.1, 0.15) is 6.92 Å². The van der Waals surface area contributed by atoms with Crippen LogP contribution < -0.4 is 5.32 Å². The first-order chi connectivity index (χ1) is 7.17. The molecule has 1 aromatic heterocycles. The van der Waals surface area contributed by atoms with Gasteiger partial charge in [0.2, 0.25) is 5.95 Å². The first-order valence-corrected chi connectivity index (χ1v) is 5.99. The number of nitrogens with zero attached hydrogens (tertiary/aromatic N) is 1. The molecule has 0 aromatic carbocycles. The van der Waals surface area contributed by atoms with E-state index in [9.17, 15) is 4.39 Å². The monoisotopic (exact) mass is 230 g/mol. The maximum atomic E-state index is 12.8. The number of anilines is 1. The molecule has 1 aromatic rings. The fourth-order valence-corrected chi connectivity index (χ4v) is 1.88. The number of aliphatic hydroxyl groups excluding tert-OH is 1. The first-order valence-electron chi connectivity index (χ1n) is 4.70. The van der Waals surface area contributed by atoms with Crippen LogP contribution in [0.4, 0.5) is 10.2 Å². The molecule has 2 atom stereocenters. The van der Waals surface area contributed by atoms with Gasteiger partial charge in [-0.1, -0.05) is 6.07 Å². The zero-order chi connectivity index (χ0) is 11.3. The lowest BCUT2D eigenvalue weighted by Gasteiger charge is -2.21. The molecule has 0 bridgehead atoms. The van der Waals surface area contributed by atoms with Crippen LogP contribution in [-0.4, -0.2) is 34.2 Å². The first kappa shape index (κ1) is 12.3. The Morgan fingerprint density at radius 2 is 2.33 bits per heavy atom. The molecule has 84 valence electrons. The van der Waals surface area contributed by atoms with Crippen molar-refractivity contribution in [1.82, 2.24) is 4.98 Å². The van der Waals surface area contributed by atoms with Gasteiger partial charge in [0.1, 0.15) is 5.82 Å². The van der Waals surface area contributed by atoms with E-state index in [-0.39, 0.29) is 17.9 Å². The third-order valence-corrected chi connectivity index (χ3v) is 3.29. The Morgan fingerprint density at radius 1 is 1.60 bits per heavy atom. The van der Waals surface area contributed by atoms with Gasteiger partial charge in [-0.25, -0.2) is 4.98 Å². The molecule has 2 N–H and O–H groups in total. The highest BCUT2D eigenvalue weighted by molar-refractivity contribution is 7.99. The van der Waals surface area contributed by atoms with E-state index in [1.54, 1.807) is 23.9 Å². The molecule has 1 rings (SSSR count). The second-order valence-electron chi connectivity index (χ2n) is 3.24. The quantitative estimate of drug-likeness (QED) is 0.756. The molecule has 0 saturated heterocycles. The predicted octanol–water partition coefficient (Wildman–Crippen LogP) is 1.74. The average Bonchev–Trinajstić information content (AvgIpc) is 2.19. The van der Waals surface area contributed by atoms with Crippen molar-refractivity contribution in [1.29, 1.82) is 0 Å². The Hall–Kier alpha value is -0.810. The number of rotatable bonds is 5. The molecule has 0 radical (unpaired) electrons. The van der Waals surface area contributed by atoms with Crippen LogP contribution in [0.25, 0.3) is 0 Å². The molecule has 0 amide bonds. The van der Waals surface area contributed by atoms with Crippen molar-refractivity contribution in [3.63, 3.8) is 0 Å². The molecular weight excluding hydrogens is 215 g/mol. The summed E-state index contributed by atoms with van der Waals surface area (Å²) in [5, 5.41) is 12.2. The van der Waals surface area contributed by atoms with Crippen LogP contribution in [0.2, 0.25) is 0 Å². The number of aromatic nitrogens is 1. The molecule has 3 nitrogen and oxygen atoms in total. The lowest BCUT2D eigenvalue weighted by Crippen LogP contribution is -2.31. The zero-order valence-electron chi connectivity index (χ0n) is 8.77. The van der Waals surface area contributed by atoms with Crippen LogP contribution >= 0.6 is 11.8 Å². The van der Waals surface area contributed by atoms with E-state index in [0.29, 0.717) is 5.82 Å². The van der Waals surface area contributed by atoms with Gasteiger partial charge in [0.25, 0.3) is 0 Å². The topological polar surface area (TPSA) is 45.1 Å². The second-order valence-corrected chi connectivity index (χ2v) is 4.31. The molecule has 0 spiro atoms. The molecule has 0 aliphatic heterocycles. The molecule has 2 unspecified atom stereocenters. The number of nitrogens with one attached hydrogen (secondary N) is 1. The van der Waals surface area contributed by atoms with Crippen molar-refractivity contribution in [3.05, 3.63) is 24.1 Å². The SMILES string of the molecule is CSC(CO)C(C)Nc1cccc(F)n1. The highest BCUT2D eigenvalue weighted by atomic mass is 32.2. The summed E-state index contributed by atoms with van der Waals surface area (Å²) in [5.41, 5.74) is 0. The molecule has 0 aliphatic carbocycles. The maximum absolute atomic E-state index is 12.8. The minimum absolute atomic E-state index is 0.0410. The molecule has 5 heteroatoms. The summed E-state index contributed by atoms with van der Waals surface area (Å²) in [6.07, 6.45) is 1.93. The minimum Gasteiger partial charge on any atom is -0.395 e. The molecule has 1 heterocycles. The van der Waals surface area contributed by atoms with Gasteiger partial charge < -0.3 is 10.4 Å². The van der Waals surface area contributed by atoms with E-state index >= 15 is 0 Å². The van der Waals surface area contributed by atoms with Gasteiger partial charge >= 0.3 is 0 Å². The van der Waals surface area contributed by atoms with Crippen molar-refractivity contribution in [2.75, 3.05) is 18.2 Å². The van der Waals surface area contributed by atoms with E-state index in [2.05, 4.69) is 10.3 Å². The second kappa shape index (κ2) is 5.92. The minimum atomic E-state index is -0.503. The average molecular weight is 230 g/mol. The number of hydrogen-bond donors (Lipinski definition) is 2. The van der Waals surface area contributed by atoms with Gasteiger partial charge in [0.15, 0.2) is 0 Å². The van der Waals surface area contributed by atoms with Gasteiger partial charge in [-0.15, -0.1) is 0 Å². The van der Waals surface area contributed by atoms with Crippen molar-refractivity contribution < 1.29 is 9.50 Å². The van der Waals surface area contributed by atoms with E-state index in [1.165, 1.54) is 6.07 Å². The largest absolute Gasteiger partial charge is 0.395 e. The summed E-state index contributed by atoms with van der Waals surface area (Å²) < 4.78 is 12.8. The van der Waals surface area contributed by atoms with E-state index in [1.807, 2.05) is 13.2 Å². The van der Waals surface area contributed by atoms with Crippen molar-refractivity contribution in [2.24, 2.45) is 0 Å². The Morgan fingerprint density at radius 3 is 2.87 bits per heavy atom. The summed E-state index contributed by atoms with van der Waals surface area (Å²) in [6, 6.07) is 4.64. The number of hydrogen-bond acceptors (Lipinski definition) is 4. The fourth-order valence-electron chi connectivity index (χ4n) is 1.25.